The highest BCUT2D eigenvalue weighted by molar-refractivity contribution is 9.10. The van der Waals surface area contributed by atoms with Crippen LogP contribution in [0.15, 0.2) is 40.9 Å². The minimum absolute atomic E-state index is 0.540. The summed E-state index contributed by atoms with van der Waals surface area (Å²) < 4.78 is 11.8. The van der Waals surface area contributed by atoms with Crippen LogP contribution in [0.25, 0.3) is 0 Å². The maximum absolute atomic E-state index is 5.85. The summed E-state index contributed by atoms with van der Waals surface area (Å²) in [6.07, 6.45) is 0. The monoisotopic (exact) mass is 321 g/mol. The van der Waals surface area contributed by atoms with Crippen molar-refractivity contribution in [3.05, 3.63) is 52.0 Å². The summed E-state index contributed by atoms with van der Waals surface area (Å²) >= 11 is 3.47. The number of ether oxygens (including phenoxy) is 2. The molecule has 0 amide bonds. The molecule has 2 aromatic rings. The number of benzene rings is 2. The second-order valence-corrected chi connectivity index (χ2v) is 5.05. The molecule has 0 saturated heterocycles. The Labute approximate surface area is 121 Å². The number of nitrogens with two attached hydrogens (primary N) is 1. The van der Waals surface area contributed by atoms with Crippen molar-refractivity contribution in [1.82, 2.24) is 0 Å². The molecular formula is C15H16BrNO2. The average molecular weight is 322 g/mol. The fourth-order valence-corrected chi connectivity index (χ4v) is 2.22. The van der Waals surface area contributed by atoms with Gasteiger partial charge in [0.05, 0.1) is 11.6 Å². The minimum Gasteiger partial charge on any atom is -0.497 e. The molecule has 2 rings (SSSR count). The quantitative estimate of drug-likeness (QED) is 0.925. The van der Waals surface area contributed by atoms with Crippen LogP contribution in [0.3, 0.4) is 0 Å². The predicted molar refractivity (Wildman–Crippen MR) is 79.8 cm³/mol. The second-order valence-electron chi connectivity index (χ2n) is 4.19. The van der Waals surface area contributed by atoms with Crippen LogP contribution >= 0.6 is 15.9 Å². The summed E-state index contributed by atoms with van der Waals surface area (Å²) in [7, 11) is 1.64. The third kappa shape index (κ3) is 3.28. The molecular weight excluding hydrogens is 306 g/mol. The van der Waals surface area contributed by atoms with Crippen LogP contribution in [-0.4, -0.2) is 7.11 Å². The third-order valence-electron chi connectivity index (χ3n) is 2.90. The van der Waals surface area contributed by atoms with Gasteiger partial charge in [-0.3, -0.25) is 0 Å². The number of hydrogen-bond donors (Lipinski definition) is 1. The number of halogens is 1. The van der Waals surface area contributed by atoms with Crippen molar-refractivity contribution in [3.8, 4) is 17.2 Å². The van der Waals surface area contributed by atoms with Gasteiger partial charge in [0.2, 0.25) is 0 Å². The lowest BCUT2D eigenvalue weighted by molar-refractivity contribution is 0.412. The van der Waals surface area contributed by atoms with Gasteiger partial charge in [-0.05, 0) is 64.3 Å². The van der Waals surface area contributed by atoms with Crippen molar-refractivity contribution in [3.63, 3.8) is 0 Å². The summed E-state index contributed by atoms with van der Waals surface area (Å²) in [4.78, 5) is 0. The molecule has 0 aliphatic heterocycles. The Balaban J connectivity index is 2.23. The summed E-state index contributed by atoms with van der Waals surface area (Å²) in [6, 6.07) is 11.5. The molecule has 0 bridgehead atoms. The molecule has 0 unspecified atom stereocenters. The topological polar surface area (TPSA) is 44.5 Å². The Hall–Kier alpha value is -1.52. The predicted octanol–water partition coefficient (Wildman–Crippen LogP) is 4.02. The van der Waals surface area contributed by atoms with Crippen molar-refractivity contribution in [2.75, 3.05) is 7.11 Å². The van der Waals surface area contributed by atoms with Crippen molar-refractivity contribution >= 4 is 15.9 Å². The van der Waals surface area contributed by atoms with Gasteiger partial charge in [-0.25, -0.2) is 0 Å². The van der Waals surface area contributed by atoms with Gasteiger partial charge >= 0.3 is 0 Å². The first-order valence-electron chi connectivity index (χ1n) is 5.95. The van der Waals surface area contributed by atoms with Crippen molar-refractivity contribution in [1.29, 1.82) is 0 Å². The van der Waals surface area contributed by atoms with Gasteiger partial charge in [-0.1, -0.05) is 6.07 Å². The standard InChI is InChI=1S/C15H16BrNO2/c1-10-7-13(4-3-11(10)9-17)19-15-6-5-12(18-2)8-14(15)16/h3-8H,9,17H2,1-2H3. The first kappa shape index (κ1) is 13.9. The van der Waals surface area contributed by atoms with Gasteiger partial charge in [0.25, 0.3) is 0 Å². The molecule has 0 atom stereocenters. The summed E-state index contributed by atoms with van der Waals surface area (Å²) in [5.41, 5.74) is 7.90. The SMILES string of the molecule is COc1ccc(Oc2ccc(CN)c(C)c2)c(Br)c1. The molecule has 0 heterocycles. The Bertz CT molecular complexity index is 584. The first-order valence-corrected chi connectivity index (χ1v) is 6.74. The third-order valence-corrected chi connectivity index (χ3v) is 3.52. The molecule has 19 heavy (non-hydrogen) atoms. The van der Waals surface area contributed by atoms with Gasteiger partial charge in [0.1, 0.15) is 17.2 Å². The van der Waals surface area contributed by atoms with Crippen molar-refractivity contribution in [2.24, 2.45) is 5.73 Å². The van der Waals surface area contributed by atoms with Gasteiger partial charge in [-0.15, -0.1) is 0 Å². The zero-order chi connectivity index (χ0) is 13.8. The Morgan fingerprint density at radius 2 is 1.84 bits per heavy atom. The molecule has 0 saturated carbocycles. The maximum atomic E-state index is 5.85. The van der Waals surface area contributed by atoms with Crippen LogP contribution in [0.2, 0.25) is 0 Å². The van der Waals surface area contributed by atoms with Crippen LogP contribution in [-0.2, 0) is 6.54 Å². The van der Waals surface area contributed by atoms with Crippen LogP contribution in [0.1, 0.15) is 11.1 Å². The van der Waals surface area contributed by atoms with E-state index in [1.165, 1.54) is 0 Å². The first-order chi connectivity index (χ1) is 9.13. The molecule has 2 aromatic carbocycles. The smallest absolute Gasteiger partial charge is 0.141 e. The molecule has 4 heteroatoms. The number of rotatable bonds is 4. The lowest BCUT2D eigenvalue weighted by Crippen LogP contribution is -1.99. The van der Waals surface area contributed by atoms with Crippen LogP contribution in [0, 0.1) is 6.92 Å². The van der Waals surface area contributed by atoms with E-state index in [-0.39, 0.29) is 0 Å². The molecule has 100 valence electrons. The molecule has 3 nitrogen and oxygen atoms in total. The fourth-order valence-electron chi connectivity index (χ4n) is 1.78. The molecule has 2 N–H and O–H groups in total. The highest BCUT2D eigenvalue weighted by atomic mass is 79.9. The zero-order valence-corrected chi connectivity index (χ0v) is 12.5. The van der Waals surface area contributed by atoms with Gasteiger partial charge in [0.15, 0.2) is 0 Å². The molecule has 0 radical (unpaired) electrons. The Kier molecular flexibility index (Phi) is 4.45. The fraction of sp³-hybridized carbons (Fsp3) is 0.200. The van der Waals surface area contributed by atoms with E-state index in [1.54, 1.807) is 7.11 Å². The van der Waals surface area contributed by atoms with E-state index in [9.17, 15) is 0 Å². The number of methoxy groups -OCH3 is 1. The highest BCUT2D eigenvalue weighted by Gasteiger charge is 2.06. The summed E-state index contributed by atoms with van der Waals surface area (Å²) in [6.45, 7) is 2.57. The highest BCUT2D eigenvalue weighted by Crippen LogP contribution is 2.33. The molecule has 0 aliphatic rings. The zero-order valence-electron chi connectivity index (χ0n) is 10.9. The van der Waals surface area contributed by atoms with E-state index in [0.717, 1.165) is 32.8 Å². The lowest BCUT2D eigenvalue weighted by atomic mass is 10.1. The number of hydrogen-bond acceptors (Lipinski definition) is 3. The van der Waals surface area contributed by atoms with Gasteiger partial charge < -0.3 is 15.2 Å². The van der Waals surface area contributed by atoms with E-state index < -0.39 is 0 Å². The van der Waals surface area contributed by atoms with E-state index in [0.29, 0.717) is 6.54 Å². The molecule has 0 aromatic heterocycles. The van der Waals surface area contributed by atoms with E-state index >= 15 is 0 Å². The van der Waals surface area contributed by atoms with E-state index in [1.807, 2.05) is 43.3 Å². The Morgan fingerprint density at radius 1 is 1.11 bits per heavy atom. The van der Waals surface area contributed by atoms with Crippen LogP contribution in [0.4, 0.5) is 0 Å². The van der Waals surface area contributed by atoms with Crippen molar-refractivity contribution < 1.29 is 9.47 Å². The molecule has 0 spiro atoms. The minimum atomic E-state index is 0.540. The Morgan fingerprint density at radius 3 is 2.42 bits per heavy atom. The average Bonchev–Trinajstić information content (AvgIpc) is 2.41. The van der Waals surface area contributed by atoms with Gasteiger partial charge in [-0.2, -0.15) is 0 Å². The molecule has 0 fully saturated rings. The summed E-state index contributed by atoms with van der Waals surface area (Å²) in [5.74, 6) is 2.33. The van der Waals surface area contributed by atoms with Crippen LogP contribution in [0.5, 0.6) is 17.2 Å². The number of aryl methyl sites for hydroxylation is 1. The van der Waals surface area contributed by atoms with Crippen molar-refractivity contribution in [2.45, 2.75) is 13.5 Å². The molecule has 0 aliphatic carbocycles. The largest absolute Gasteiger partial charge is 0.497 e. The van der Waals surface area contributed by atoms with E-state index in [4.69, 9.17) is 15.2 Å². The normalized spacial score (nSPS) is 10.3. The van der Waals surface area contributed by atoms with Gasteiger partial charge in [0, 0.05) is 6.54 Å². The van der Waals surface area contributed by atoms with Crippen LogP contribution < -0.4 is 15.2 Å². The maximum Gasteiger partial charge on any atom is 0.141 e. The van der Waals surface area contributed by atoms with E-state index in [2.05, 4.69) is 15.9 Å². The lowest BCUT2D eigenvalue weighted by Gasteiger charge is -2.11. The summed E-state index contributed by atoms with van der Waals surface area (Å²) in [5, 5.41) is 0. The second kappa shape index (κ2) is 6.08.